The molecule has 0 aromatic carbocycles. The van der Waals surface area contributed by atoms with Gasteiger partial charge in [-0.05, 0) is 53.4 Å². The molecular formula is C29H43IN4O6. The lowest BCUT2D eigenvalue weighted by atomic mass is 10.0. The van der Waals surface area contributed by atoms with E-state index in [1.807, 2.05) is 70.6 Å². The van der Waals surface area contributed by atoms with Crippen LogP contribution in [0, 0.1) is 5.92 Å². The Morgan fingerprint density at radius 2 is 1.45 bits per heavy atom. The van der Waals surface area contributed by atoms with Crippen LogP contribution < -0.4 is 39.2 Å². The van der Waals surface area contributed by atoms with E-state index in [9.17, 15) is 14.4 Å². The molecule has 2 aromatic heterocycles. The van der Waals surface area contributed by atoms with Crippen molar-refractivity contribution in [3.05, 3.63) is 41.3 Å². The minimum Gasteiger partial charge on any atom is -1.00 e. The Kier molecular flexibility index (Phi) is 13.2. The van der Waals surface area contributed by atoms with Crippen molar-refractivity contribution in [2.24, 2.45) is 5.92 Å². The van der Waals surface area contributed by atoms with E-state index in [2.05, 4.69) is 15.2 Å². The molecule has 2 amide bonds. The van der Waals surface area contributed by atoms with E-state index in [0.29, 0.717) is 0 Å². The van der Waals surface area contributed by atoms with Crippen LogP contribution in [0.4, 0.5) is 9.59 Å². The van der Waals surface area contributed by atoms with Crippen molar-refractivity contribution < 1.29 is 57.1 Å². The Hall–Kier alpha value is -2.83. The van der Waals surface area contributed by atoms with Crippen LogP contribution in [0.2, 0.25) is 0 Å². The van der Waals surface area contributed by atoms with Crippen molar-refractivity contribution in [3.63, 3.8) is 0 Å². The number of alkyl carbamates (subject to hydrolysis) is 2. The molecule has 3 rings (SSSR count). The molecule has 0 saturated carbocycles. The van der Waals surface area contributed by atoms with Crippen molar-refractivity contribution in [1.82, 2.24) is 15.2 Å². The lowest BCUT2D eigenvalue weighted by molar-refractivity contribution is -0.727. The minimum atomic E-state index is -0.503. The van der Waals surface area contributed by atoms with E-state index >= 15 is 0 Å². The Morgan fingerprint density at radius 3 is 1.98 bits per heavy atom. The second-order valence-corrected chi connectivity index (χ2v) is 10.5. The van der Waals surface area contributed by atoms with Crippen LogP contribution in [-0.2, 0) is 51.9 Å². The van der Waals surface area contributed by atoms with Crippen LogP contribution in [0.25, 0.3) is 11.3 Å². The molecule has 0 bridgehead atoms. The van der Waals surface area contributed by atoms with Crippen LogP contribution in [0.15, 0.2) is 24.5 Å². The van der Waals surface area contributed by atoms with E-state index in [1.54, 1.807) is 0 Å². The third-order valence-electron chi connectivity index (χ3n) is 6.74. The molecule has 2 N–H and O–H groups in total. The normalized spacial score (nSPS) is 12.2. The van der Waals surface area contributed by atoms with Crippen molar-refractivity contribution in [2.45, 2.75) is 106 Å². The highest BCUT2D eigenvalue weighted by Gasteiger charge is 2.29. The molecule has 10 nitrogen and oxygen atoms in total. The van der Waals surface area contributed by atoms with Crippen molar-refractivity contribution in [3.8, 4) is 11.3 Å². The van der Waals surface area contributed by atoms with Gasteiger partial charge in [0.2, 0.25) is 0 Å². The summed E-state index contributed by atoms with van der Waals surface area (Å²) in [4.78, 5) is 36.9. The molecule has 222 valence electrons. The number of rotatable bonds is 12. The van der Waals surface area contributed by atoms with Crippen LogP contribution in [0.3, 0.4) is 0 Å². The molecule has 0 spiro atoms. The maximum atomic E-state index is 12.3. The number of hydrogen-bond acceptors (Lipinski definition) is 6. The zero-order valence-corrected chi connectivity index (χ0v) is 26.6. The number of carbonyl (C=O) groups is 3. The fourth-order valence-electron chi connectivity index (χ4n) is 4.78. The third-order valence-corrected chi connectivity index (χ3v) is 6.74. The number of aromatic nitrogens is 2. The molecule has 3 heterocycles. The maximum Gasteiger partial charge on any atom is 0.407 e. The van der Waals surface area contributed by atoms with E-state index < -0.39 is 12.2 Å². The van der Waals surface area contributed by atoms with Crippen molar-refractivity contribution in [1.29, 1.82) is 0 Å². The molecule has 2 aromatic rings. The average molecular weight is 671 g/mol. The van der Waals surface area contributed by atoms with Crippen molar-refractivity contribution in [2.75, 3.05) is 0 Å². The molecule has 0 aliphatic carbocycles. The van der Waals surface area contributed by atoms with Gasteiger partial charge in [0.25, 0.3) is 6.73 Å². The lowest BCUT2D eigenvalue weighted by Crippen LogP contribution is -3.00. The quantitative estimate of drug-likeness (QED) is 0.154. The second-order valence-electron chi connectivity index (χ2n) is 10.5. The summed E-state index contributed by atoms with van der Waals surface area (Å²) < 4.78 is 20.7. The van der Waals surface area contributed by atoms with Gasteiger partial charge in [0.15, 0.2) is 12.4 Å². The van der Waals surface area contributed by atoms with Gasteiger partial charge in [0, 0.05) is 53.1 Å². The molecular weight excluding hydrogens is 627 g/mol. The minimum absolute atomic E-state index is 0. The highest BCUT2D eigenvalue weighted by Crippen LogP contribution is 2.36. The number of hydrogen-bond donors (Lipinski definition) is 2. The van der Waals surface area contributed by atoms with E-state index in [1.165, 1.54) is 0 Å². The van der Waals surface area contributed by atoms with Gasteiger partial charge in [0.1, 0.15) is 13.2 Å². The summed E-state index contributed by atoms with van der Waals surface area (Å²) in [5.41, 5.74) is 4.64. The molecule has 1 aliphatic rings. The fourth-order valence-corrected chi connectivity index (χ4v) is 4.78. The van der Waals surface area contributed by atoms with E-state index in [-0.39, 0.29) is 67.9 Å². The molecule has 1 aliphatic heterocycles. The Balaban J connectivity index is 0.00000560. The number of ether oxygens (including phenoxy) is 3. The molecule has 0 saturated heterocycles. The number of amides is 2. The topological polar surface area (TPSA) is 112 Å². The summed E-state index contributed by atoms with van der Waals surface area (Å²) in [5, 5.41) is 5.50. The monoisotopic (exact) mass is 670 g/mol. The van der Waals surface area contributed by atoms with Gasteiger partial charge in [-0.15, -0.1) is 0 Å². The third kappa shape index (κ3) is 8.84. The van der Waals surface area contributed by atoms with Crippen LogP contribution >= 0.6 is 0 Å². The van der Waals surface area contributed by atoms with Gasteiger partial charge in [-0.25, -0.2) is 9.59 Å². The number of carbonyl (C=O) groups excluding carboxylic acids is 3. The number of nitrogens with zero attached hydrogens (tertiary/aromatic N) is 2. The first-order valence-corrected chi connectivity index (χ1v) is 13.9. The lowest BCUT2D eigenvalue weighted by Gasteiger charge is -2.14. The molecule has 0 atom stereocenters. The molecule has 0 fully saturated rings. The summed E-state index contributed by atoms with van der Waals surface area (Å²) in [6.45, 7) is 12.5. The van der Waals surface area contributed by atoms with E-state index in [0.717, 1.165) is 60.3 Å². The van der Waals surface area contributed by atoms with Gasteiger partial charge in [0.05, 0.1) is 11.6 Å². The highest BCUT2D eigenvalue weighted by atomic mass is 127. The first-order chi connectivity index (χ1) is 18.6. The van der Waals surface area contributed by atoms with Gasteiger partial charge in [-0.3, -0.25) is 4.79 Å². The average Bonchev–Trinajstić information content (AvgIpc) is 3.46. The number of pyridine rings is 1. The second kappa shape index (κ2) is 15.8. The number of fused-ring (bicyclic) bond motifs is 1. The first kappa shape index (κ1) is 33.4. The van der Waals surface area contributed by atoms with Crippen LogP contribution in [-0.4, -0.2) is 34.8 Å². The predicted octanol–water partition coefficient (Wildman–Crippen LogP) is 1.60. The van der Waals surface area contributed by atoms with Crippen molar-refractivity contribution >= 4 is 18.2 Å². The van der Waals surface area contributed by atoms with Gasteiger partial charge in [-0.1, -0.05) is 13.8 Å². The highest BCUT2D eigenvalue weighted by molar-refractivity contribution is 5.72. The molecule has 0 radical (unpaired) electrons. The summed E-state index contributed by atoms with van der Waals surface area (Å²) in [7, 11) is 0. The summed E-state index contributed by atoms with van der Waals surface area (Å²) >= 11 is 0. The predicted molar refractivity (Wildman–Crippen MR) is 145 cm³/mol. The Bertz CT molecular complexity index is 1140. The van der Waals surface area contributed by atoms with Gasteiger partial charge in [-0.2, -0.15) is 4.57 Å². The number of esters is 1. The SMILES string of the molecule is CCC(CC)C(=O)OC[n+]1ccc(-c2c(COC(=O)NC(C)C)c(COC(=O)NC(C)C)c3n2CCC3)cc1.[I-]. The maximum absolute atomic E-state index is 12.3. The standard InChI is InChI=1S/C29H42N4O6.HI/c1-7-21(8-2)27(34)39-18-32-14-11-22(12-15-32)26-24(17-38-29(36)31-20(5)6)23(25-10-9-13-33(25)26)16-37-28(35)30-19(3)4;/h11-12,14-15,19-21H,7-10,13,16-18H2,1-6H3,(H-,30,31,35,36);1H. The zero-order chi connectivity index (χ0) is 28.5. The van der Waals surface area contributed by atoms with Gasteiger partial charge < -0.3 is 53.4 Å². The van der Waals surface area contributed by atoms with Crippen LogP contribution in [0.1, 0.15) is 77.6 Å². The molecule has 40 heavy (non-hydrogen) atoms. The zero-order valence-electron chi connectivity index (χ0n) is 24.4. The Morgan fingerprint density at radius 1 is 0.900 bits per heavy atom. The fraction of sp³-hybridized carbons (Fsp3) is 0.586. The van der Waals surface area contributed by atoms with Crippen LogP contribution in [0.5, 0.6) is 0 Å². The van der Waals surface area contributed by atoms with Gasteiger partial charge >= 0.3 is 18.2 Å². The number of nitrogens with one attached hydrogen (secondary N) is 2. The molecule has 11 heteroatoms. The van der Waals surface area contributed by atoms with E-state index in [4.69, 9.17) is 14.2 Å². The summed E-state index contributed by atoms with van der Waals surface area (Å²) in [5.74, 6) is -0.280. The molecule has 0 unspecified atom stereocenters. The largest absolute Gasteiger partial charge is 1.00 e. The summed E-state index contributed by atoms with van der Waals surface area (Å²) in [6.07, 6.45) is 6.07. The summed E-state index contributed by atoms with van der Waals surface area (Å²) in [6, 6.07) is 3.82. The number of halogens is 1. The Labute approximate surface area is 254 Å². The smallest absolute Gasteiger partial charge is 0.407 e. The first-order valence-electron chi connectivity index (χ1n) is 13.9.